The third-order valence-corrected chi connectivity index (χ3v) is 4.12. The molecule has 0 radical (unpaired) electrons. The first-order valence-electron chi connectivity index (χ1n) is 7.22. The maximum atomic E-state index is 8.86. The van der Waals surface area contributed by atoms with Crippen molar-refractivity contribution in [2.45, 2.75) is 38.8 Å². The molecule has 1 N–H and O–H groups in total. The third-order valence-electron chi connectivity index (χ3n) is 4.12. The zero-order chi connectivity index (χ0) is 13.7. The van der Waals surface area contributed by atoms with E-state index >= 15 is 0 Å². The lowest BCUT2D eigenvalue weighted by Gasteiger charge is -2.38. The number of piperidine rings is 1. The summed E-state index contributed by atoms with van der Waals surface area (Å²) in [7, 11) is 0. The predicted octanol–water partition coefficient (Wildman–Crippen LogP) is 2.69. The van der Waals surface area contributed by atoms with E-state index in [1.54, 1.807) is 0 Å². The molecule has 2 rings (SSSR count). The minimum absolute atomic E-state index is 0.405. The second-order valence-corrected chi connectivity index (χ2v) is 5.24. The van der Waals surface area contributed by atoms with E-state index in [1.165, 1.54) is 18.4 Å². The van der Waals surface area contributed by atoms with Crippen LogP contribution in [0.4, 0.5) is 0 Å². The smallest absolute Gasteiger partial charge is 0.0991 e. The zero-order valence-corrected chi connectivity index (χ0v) is 11.9. The summed E-state index contributed by atoms with van der Waals surface area (Å²) in [5, 5.41) is 12.3. The van der Waals surface area contributed by atoms with Crippen LogP contribution in [0, 0.1) is 11.3 Å². The Labute approximate surface area is 116 Å². The molecule has 0 amide bonds. The minimum atomic E-state index is 0.405. The van der Waals surface area contributed by atoms with Gasteiger partial charge in [-0.05, 0) is 50.6 Å². The normalized spacial score (nSPS) is 21.1. The Morgan fingerprint density at radius 1 is 1.42 bits per heavy atom. The van der Waals surface area contributed by atoms with E-state index in [4.69, 9.17) is 5.26 Å². The van der Waals surface area contributed by atoms with Crippen molar-refractivity contribution in [3.63, 3.8) is 0 Å². The number of benzene rings is 1. The molecule has 3 heteroatoms. The SMILES string of the molecule is CCN(C1CCCNC1)C(C)c1ccc(C#N)cc1. The van der Waals surface area contributed by atoms with E-state index in [9.17, 15) is 0 Å². The van der Waals surface area contributed by atoms with Crippen molar-refractivity contribution in [3.8, 4) is 6.07 Å². The number of hydrogen-bond acceptors (Lipinski definition) is 3. The zero-order valence-electron chi connectivity index (χ0n) is 11.9. The van der Waals surface area contributed by atoms with Gasteiger partial charge in [-0.2, -0.15) is 5.26 Å². The van der Waals surface area contributed by atoms with Crippen LogP contribution in [0.15, 0.2) is 24.3 Å². The molecule has 1 aromatic carbocycles. The molecular weight excluding hydrogens is 234 g/mol. The summed E-state index contributed by atoms with van der Waals surface area (Å²) < 4.78 is 0. The van der Waals surface area contributed by atoms with Crippen LogP contribution in [0.5, 0.6) is 0 Å². The molecule has 1 aliphatic rings. The lowest BCUT2D eigenvalue weighted by molar-refractivity contribution is 0.128. The van der Waals surface area contributed by atoms with Gasteiger partial charge in [0.1, 0.15) is 0 Å². The lowest BCUT2D eigenvalue weighted by atomic mass is 9.99. The largest absolute Gasteiger partial charge is 0.315 e. The van der Waals surface area contributed by atoms with Crippen LogP contribution >= 0.6 is 0 Å². The first-order chi connectivity index (χ1) is 9.26. The molecule has 3 nitrogen and oxygen atoms in total. The van der Waals surface area contributed by atoms with Gasteiger partial charge in [-0.15, -0.1) is 0 Å². The average Bonchev–Trinajstić information content (AvgIpc) is 2.49. The summed E-state index contributed by atoms with van der Waals surface area (Å²) >= 11 is 0. The monoisotopic (exact) mass is 257 g/mol. The summed E-state index contributed by atoms with van der Waals surface area (Å²) in [5.41, 5.74) is 2.03. The number of nitriles is 1. The molecule has 0 saturated carbocycles. The van der Waals surface area contributed by atoms with Gasteiger partial charge in [0.25, 0.3) is 0 Å². The van der Waals surface area contributed by atoms with Gasteiger partial charge in [0.2, 0.25) is 0 Å². The molecule has 2 atom stereocenters. The van der Waals surface area contributed by atoms with Gasteiger partial charge in [0.05, 0.1) is 11.6 Å². The Hall–Kier alpha value is -1.37. The summed E-state index contributed by atoms with van der Waals surface area (Å²) in [6, 6.07) is 11.2. The predicted molar refractivity (Wildman–Crippen MR) is 77.8 cm³/mol. The van der Waals surface area contributed by atoms with Crippen molar-refractivity contribution < 1.29 is 0 Å². The molecule has 0 spiro atoms. The standard InChI is InChI=1S/C16H23N3/c1-3-19(16-5-4-10-18-12-16)13(2)15-8-6-14(11-17)7-9-15/h6-9,13,16,18H,3-5,10,12H2,1-2H3. The van der Waals surface area contributed by atoms with Crippen LogP contribution in [-0.4, -0.2) is 30.6 Å². The van der Waals surface area contributed by atoms with E-state index < -0.39 is 0 Å². The van der Waals surface area contributed by atoms with E-state index in [-0.39, 0.29) is 0 Å². The molecule has 1 fully saturated rings. The molecule has 19 heavy (non-hydrogen) atoms. The van der Waals surface area contributed by atoms with Crippen molar-refractivity contribution in [1.82, 2.24) is 10.2 Å². The first-order valence-corrected chi connectivity index (χ1v) is 7.22. The van der Waals surface area contributed by atoms with E-state index in [1.807, 2.05) is 12.1 Å². The second kappa shape index (κ2) is 6.70. The highest BCUT2D eigenvalue weighted by Gasteiger charge is 2.24. The molecule has 1 saturated heterocycles. The molecule has 0 bridgehead atoms. The van der Waals surface area contributed by atoms with Crippen LogP contribution in [0.2, 0.25) is 0 Å². The van der Waals surface area contributed by atoms with E-state index in [0.29, 0.717) is 12.1 Å². The third kappa shape index (κ3) is 3.34. The Kier molecular flexibility index (Phi) is 4.95. The molecule has 0 aliphatic carbocycles. The van der Waals surface area contributed by atoms with Gasteiger partial charge >= 0.3 is 0 Å². The van der Waals surface area contributed by atoms with Gasteiger partial charge in [0.15, 0.2) is 0 Å². The number of hydrogen-bond donors (Lipinski definition) is 1. The Morgan fingerprint density at radius 3 is 2.68 bits per heavy atom. The number of nitrogens with one attached hydrogen (secondary N) is 1. The minimum Gasteiger partial charge on any atom is -0.315 e. The molecule has 1 aromatic rings. The fourth-order valence-electron chi connectivity index (χ4n) is 2.99. The molecular formula is C16H23N3. The second-order valence-electron chi connectivity index (χ2n) is 5.24. The fourth-order valence-corrected chi connectivity index (χ4v) is 2.99. The Bertz CT molecular complexity index is 426. The van der Waals surface area contributed by atoms with Crippen LogP contribution < -0.4 is 5.32 Å². The van der Waals surface area contributed by atoms with Gasteiger partial charge in [-0.1, -0.05) is 19.1 Å². The summed E-state index contributed by atoms with van der Waals surface area (Å²) in [4.78, 5) is 2.56. The van der Waals surface area contributed by atoms with Crippen LogP contribution in [-0.2, 0) is 0 Å². The number of nitrogens with zero attached hydrogens (tertiary/aromatic N) is 2. The van der Waals surface area contributed by atoms with Crippen molar-refractivity contribution >= 4 is 0 Å². The van der Waals surface area contributed by atoms with Gasteiger partial charge in [-0.3, -0.25) is 4.90 Å². The highest BCUT2D eigenvalue weighted by atomic mass is 15.2. The number of rotatable bonds is 4. The van der Waals surface area contributed by atoms with Crippen molar-refractivity contribution in [1.29, 1.82) is 5.26 Å². The van der Waals surface area contributed by atoms with Crippen molar-refractivity contribution in [2.24, 2.45) is 0 Å². The highest BCUT2D eigenvalue weighted by molar-refractivity contribution is 5.32. The first kappa shape index (κ1) is 14.0. The van der Waals surface area contributed by atoms with Crippen LogP contribution in [0.1, 0.15) is 43.9 Å². The number of likely N-dealkylation sites (N-methyl/N-ethyl adjacent to an activating group) is 1. The van der Waals surface area contributed by atoms with Crippen molar-refractivity contribution in [3.05, 3.63) is 35.4 Å². The highest BCUT2D eigenvalue weighted by Crippen LogP contribution is 2.25. The summed E-state index contributed by atoms with van der Waals surface area (Å²) in [6.07, 6.45) is 2.54. The molecule has 1 aliphatic heterocycles. The fraction of sp³-hybridized carbons (Fsp3) is 0.562. The van der Waals surface area contributed by atoms with Gasteiger partial charge in [-0.25, -0.2) is 0 Å². The van der Waals surface area contributed by atoms with Crippen molar-refractivity contribution in [2.75, 3.05) is 19.6 Å². The average molecular weight is 257 g/mol. The van der Waals surface area contributed by atoms with Crippen LogP contribution in [0.25, 0.3) is 0 Å². The lowest BCUT2D eigenvalue weighted by Crippen LogP contribution is -2.46. The topological polar surface area (TPSA) is 39.1 Å². The van der Waals surface area contributed by atoms with E-state index in [0.717, 1.165) is 25.2 Å². The van der Waals surface area contributed by atoms with E-state index in [2.05, 4.69) is 42.3 Å². The molecule has 1 heterocycles. The Balaban J connectivity index is 2.10. The summed E-state index contributed by atoms with van der Waals surface area (Å²) in [5.74, 6) is 0. The Morgan fingerprint density at radius 2 is 2.16 bits per heavy atom. The maximum Gasteiger partial charge on any atom is 0.0991 e. The maximum absolute atomic E-state index is 8.86. The van der Waals surface area contributed by atoms with Crippen LogP contribution in [0.3, 0.4) is 0 Å². The quantitative estimate of drug-likeness (QED) is 0.901. The van der Waals surface area contributed by atoms with Gasteiger partial charge in [0, 0.05) is 18.6 Å². The summed E-state index contributed by atoms with van der Waals surface area (Å²) in [6.45, 7) is 7.80. The molecule has 2 unspecified atom stereocenters. The molecule has 102 valence electrons. The molecule has 0 aromatic heterocycles. The van der Waals surface area contributed by atoms with Gasteiger partial charge < -0.3 is 5.32 Å².